The molecule has 0 bridgehead atoms. The second-order valence-corrected chi connectivity index (χ2v) is 9.74. The van der Waals surface area contributed by atoms with E-state index >= 15 is 0 Å². The smallest absolute Gasteiger partial charge is 0.283 e. The predicted molar refractivity (Wildman–Crippen MR) is 143 cm³/mol. The van der Waals surface area contributed by atoms with Gasteiger partial charge in [-0.15, -0.1) is 0 Å². The van der Waals surface area contributed by atoms with E-state index in [-0.39, 0.29) is 11.4 Å². The molecule has 4 rings (SSSR count). The normalized spacial score (nSPS) is 16.3. The summed E-state index contributed by atoms with van der Waals surface area (Å²) < 4.78 is 17.9. The predicted octanol–water partition coefficient (Wildman–Crippen LogP) is 5.56. The maximum Gasteiger partial charge on any atom is 0.283 e. The number of aliphatic imine (C=N–C) groups is 1. The number of hydrogen-bond acceptors (Lipinski definition) is 7. The lowest BCUT2D eigenvalue weighted by atomic mass is 10.1. The van der Waals surface area contributed by atoms with Crippen LogP contribution in [0, 0.1) is 19.3 Å². The van der Waals surface area contributed by atoms with Crippen LogP contribution in [0.15, 0.2) is 50.5 Å². The van der Waals surface area contributed by atoms with Crippen molar-refractivity contribution in [3.8, 4) is 17.2 Å². The van der Waals surface area contributed by atoms with Gasteiger partial charge in [-0.2, -0.15) is 15.1 Å². The molecular weight excluding hydrogens is 532 g/mol. The maximum absolute atomic E-state index is 12.6. The van der Waals surface area contributed by atoms with Gasteiger partial charge in [0, 0.05) is 0 Å². The van der Waals surface area contributed by atoms with Gasteiger partial charge >= 0.3 is 0 Å². The number of fused-ring (bicyclic) bond motifs is 1. The van der Waals surface area contributed by atoms with Crippen molar-refractivity contribution in [1.29, 1.82) is 5.41 Å². The van der Waals surface area contributed by atoms with Gasteiger partial charge in [0.15, 0.2) is 17.3 Å². The number of methoxy groups -OCH3 is 1. The van der Waals surface area contributed by atoms with Crippen LogP contribution >= 0.6 is 27.7 Å². The molecular formula is C25H25BrN4O4S. The molecule has 2 aliphatic heterocycles. The molecule has 0 atom stereocenters. The number of hydrogen-bond donors (Lipinski definition) is 1. The minimum atomic E-state index is -0.472. The van der Waals surface area contributed by atoms with Crippen LogP contribution in [0.3, 0.4) is 0 Å². The summed E-state index contributed by atoms with van der Waals surface area (Å²) in [7, 11) is 1.55. The number of nitrogens with zero attached hydrogens (tertiary/aromatic N) is 3. The number of thioether (sulfide) groups is 1. The molecule has 0 aliphatic carbocycles. The highest BCUT2D eigenvalue weighted by atomic mass is 79.9. The first-order valence-corrected chi connectivity index (χ1v) is 12.6. The minimum Gasteiger partial charge on any atom is -0.493 e. The van der Waals surface area contributed by atoms with Crippen molar-refractivity contribution >= 4 is 55.7 Å². The third-order valence-electron chi connectivity index (χ3n) is 5.44. The van der Waals surface area contributed by atoms with Gasteiger partial charge in [-0.3, -0.25) is 10.2 Å². The molecule has 2 aliphatic rings. The first-order chi connectivity index (χ1) is 16.8. The van der Waals surface area contributed by atoms with E-state index < -0.39 is 5.91 Å². The Labute approximate surface area is 216 Å². The number of benzene rings is 2. The molecule has 2 aromatic carbocycles. The lowest BCUT2D eigenvalue weighted by Gasteiger charge is -2.20. The zero-order valence-corrected chi connectivity index (χ0v) is 22.2. The van der Waals surface area contributed by atoms with Crippen LogP contribution in [0.1, 0.15) is 30.0 Å². The standard InChI is InChI=1S/C25H25BrN4O4S/c1-5-21-29-30-23(27)18(24(31)28-25(30)35-21)11-16-12-19(26)22(20(13-16)32-4)34-9-8-33-17-7-6-14(2)15(3)10-17/h6-7,10-13,27H,5,8-9H2,1-4H3/b18-11+,27-23?. The Hall–Kier alpha value is -3.11. The molecule has 8 nitrogen and oxygen atoms in total. The van der Waals surface area contributed by atoms with Gasteiger partial charge in [-0.1, -0.05) is 13.0 Å². The van der Waals surface area contributed by atoms with E-state index in [4.69, 9.17) is 19.6 Å². The summed E-state index contributed by atoms with van der Waals surface area (Å²) in [6, 6.07) is 9.51. The van der Waals surface area contributed by atoms with Crippen LogP contribution in [-0.2, 0) is 4.79 Å². The summed E-state index contributed by atoms with van der Waals surface area (Å²) in [6.07, 6.45) is 2.32. The summed E-state index contributed by atoms with van der Waals surface area (Å²) in [6.45, 7) is 6.75. The van der Waals surface area contributed by atoms with E-state index in [1.54, 1.807) is 25.3 Å². The topological polar surface area (TPSA) is 96.6 Å². The zero-order valence-electron chi connectivity index (χ0n) is 19.8. The zero-order chi connectivity index (χ0) is 25.1. The number of amides is 1. The molecule has 0 fully saturated rings. The van der Waals surface area contributed by atoms with Crippen LogP contribution in [-0.4, -0.2) is 47.3 Å². The van der Waals surface area contributed by atoms with Crippen molar-refractivity contribution < 1.29 is 19.0 Å². The number of rotatable bonds is 8. The third kappa shape index (κ3) is 5.43. The number of ether oxygens (including phenoxy) is 3. The fourth-order valence-corrected chi connectivity index (χ4v) is 4.81. The van der Waals surface area contributed by atoms with E-state index in [2.05, 4.69) is 32.9 Å². The maximum atomic E-state index is 12.6. The summed E-state index contributed by atoms with van der Waals surface area (Å²) in [4.78, 5) is 16.7. The molecule has 0 radical (unpaired) electrons. The van der Waals surface area contributed by atoms with Crippen molar-refractivity contribution in [2.45, 2.75) is 27.2 Å². The van der Waals surface area contributed by atoms with E-state index in [0.717, 1.165) is 10.8 Å². The van der Waals surface area contributed by atoms with Crippen LogP contribution in [0.25, 0.3) is 6.08 Å². The number of amidine groups is 2. The van der Waals surface area contributed by atoms with E-state index in [1.165, 1.54) is 27.9 Å². The largest absolute Gasteiger partial charge is 0.493 e. The fraction of sp³-hybridized carbons (Fsp3) is 0.280. The Morgan fingerprint density at radius 1 is 1.14 bits per heavy atom. The molecule has 0 saturated carbocycles. The first kappa shape index (κ1) is 25.0. The van der Waals surface area contributed by atoms with E-state index in [9.17, 15) is 4.79 Å². The highest BCUT2D eigenvalue weighted by Crippen LogP contribution is 2.38. The van der Waals surface area contributed by atoms with Crippen molar-refractivity contribution in [3.05, 3.63) is 57.1 Å². The van der Waals surface area contributed by atoms with Crippen LogP contribution < -0.4 is 14.2 Å². The van der Waals surface area contributed by atoms with Gasteiger partial charge in [0.25, 0.3) is 5.91 Å². The van der Waals surface area contributed by atoms with Crippen molar-refractivity contribution in [2.24, 2.45) is 10.1 Å². The number of halogens is 1. The Morgan fingerprint density at radius 2 is 1.91 bits per heavy atom. The van der Waals surface area contributed by atoms with E-state index in [0.29, 0.717) is 46.3 Å². The average molecular weight is 557 g/mol. The number of hydrazone groups is 1. The highest BCUT2D eigenvalue weighted by Gasteiger charge is 2.35. The molecule has 0 aromatic heterocycles. The first-order valence-electron chi connectivity index (χ1n) is 11.0. The Kier molecular flexibility index (Phi) is 7.61. The quantitative estimate of drug-likeness (QED) is 0.337. The van der Waals surface area contributed by atoms with Crippen LogP contribution in [0.2, 0.25) is 0 Å². The minimum absolute atomic E-state index is 0.00476. The molecule has 182 valence electrons. The Morgan fingerprint density at radius 3 is 2.63 bits per heavy atom. The molecule has 1 amide bonds. The molecule has 1 N–H and O–H groups in total. The highest BCUT2D eigenvalue weighted by molar-refractivity contribution is 9.10. The van der Waals surface area contributed by atoms with Gasteiger partial charge in [0.2, 0.25) is 5.17 Å². The van der Waals surface area contributed by atoms with E-state index in [1.807, 2.05) is 32.0 Å². The number of carbonyl (C=O) groups is 1. The Balaban J connectivity index is 1.48. The number of nitrogens with one attached hydrogen (secondary N) is 1. The Bertz CT molecular complexity index is 1290. The summed E-state index contributed by atoms with van der Waals surface area (Å²) in [5.74, 6) is 1.33. The fourth-order valence-electron chi connectivity index (χ4n) is 3.41. The van der Waals surface area contributed by atoms with Gasteiger partial charge in [-0.25, -0.2) is 0 Å². The molecule has 10 heteroatoms. The lowest BCUT2D eigenvalue weighted by molar-refractivity contribution is -0.114. The summed E-state index contributed by atoms with van der Waals surface area (Å²) >= 11 is 4.85. The van der Waals surface area contributed by atoms with Crippen molar-refractivity contribution in [1.82, 2.24) is 5.01 Å². The molecule has 2 aromatic rings. The van der Waals surface area contributed by atoms with Crippen LogP contribution in [0.5, 0.6) is 17.2 Å². The molecule has 0 unspecified atom stereocenters. The second-order valence-electron chi connectivity index (χ2n) is 7.84. The van der Waals surface area contributed by atoms with Crippen molar-refractivity contribution in [3.63, 3.8) is 0 Å². The summed E-state index contributed by atoms with van der Waals surface area (Å²) in [5, 5.41) is 15.5. The molecule has 35 heavy (non-hydrogen) atoms. The third-order valence-corrected chi connectivity index (χ3v) is 7.08. The number of carbonyl (C=O) groups excluding carboxylic acids is 1. The van der Waals surface area contributed by atoms with Crippen molar-refractivity contribution in [2.75, 3.05) is 20.3 Å². The molecule has 2 heterocycles. The van der Waals surface area contributed by atoms with Gasteiger partial charge in [0.05, 0.1) is 17.2 Å². The SMILES string of the molecule is CCC1=NN2C(=N)/C(=C\c3cc(Br)c(OCCOc4ccc(C)c(C)c4)c(OC)c3)C(=O)N=C2S1. The molecule has 0 saturated heterocycles. The number of aryl methyl sites for hydroxylation is 2. The molecule has 0 spiro atoms. The van der Waals surface area contributed by atoms with Gasteiger partial charge in [-0.05, 0) is 95.0 Å². The monoisotopic (exact) mass is 556 g/mol. The van der Waals surface area contributed by atoms with Crippen LogP contribution in [0.4, 0.5) is 0 Å². The summed E-state index contributed by atoms with van der Waals surface area (Å²) in [5.41, 5.74) is 3.20. The lowest BCUT2D eigenvalue weighted by Crippen LogP contribution is -2.35. The second kappa shape index (κ2) is 10.7. The van der Waals surface area contributed by atoms with Gasteiger partial charge in [0.1, 0.15) is 24.0 Å². The van der Waals surface area contributed by atoms with Gasteiger partial charge < -0.3 is 14.2 Å². The average Bonchev–Trinajstić information content (AvgIpc) is 3.25.